The Balaban J connectivity index is 2.12. The second kappa shape index (κ2) is 11.8. The summed E-state index contributed by atoms with van der Waals surface area (Å²) < 4.78 is 15.3. The van der Waals surface area contributed by atoms with Gasteiger partial charge in [0.15, 0.2) is 0 Å². The third-order valence-electron chi connectivity index (χ3n) is 2.66. The highest BCUT2D eigenvalue weighted by Crippen LogP contribution is 2.07. The van der Waals surface area contributed by atoms with E-state index in [9.17, 15) is 4.79 Å². The zero-order valence-corrected chi connectivity index (χ0v) is 13.3. The highest BCUT2D eigenvalue weighted by molar-refractivity contribution is 5.73. The van der Waals surface area contributed by atoms with Crippen molar-refractivity contribution in [3.05, 3.63) is 23.9 Å². The number of amides is 2. The highest BCUT2D eigenvalue weighted by Gasteiger charge is 2.01. The summed E-state index contributed by atoms with van der Waals surface area (Å²) in [7, 11) is 1.57. The fraction of sp³-hybridized carbons (Fsp3) is 0.600. The SMILES string of the molecule is CCCOc1ccc(CNC(=O)NCCCOCOC)cn1. The van der Waals surface area contributed by atoms with Gasteiger partial charge in [-0.3, -0.25) is 0 Å². The van der Waals surface area contributed by atoms with Gasteiger partial charge in [-0.1, -0.05) is 13.0 Å². The molecule has 0 saturated heterocycles. The first-order chi connectivity index (χ1) is 10.8. The van der Waals surface area contributed by atoms with Gasteiger partial charge in [0.1, 0.15) is 6.79 Å². The van der Waals surface area contributed by atoms with Crippen molar-refractivity contribution < 1.29 is 19.0 Å². The predicted molar refractivity (Wildman–Crippen MR) is 82.7 cm³/mol. The number of carbonyl (C=O) groups is 1. The summed E-state index contributed by atoms with van der Waals surface area (Å²) in [6.45, 7) is 4.50. The van der Waals surface area contributed by atoms with Crippen LogP contribution in [0.2, 0.25) is 0 Å². The summed E-state index contributed by atoms with van der Waals surface area (Å²) >= 11 is 0. The molecule has 0 aliphatic carbocycles. The number of nitrogens with one attached hydrogen (secondary N) is 2. The Kier molecular flexibility index (Phi) is 9.73. The number of rotatable bonds is 11. The van der Waals surface area contributed by atoms with Crippen molar-refractivity contribution >= 4 is 6.03 Å². The monoisotopic (exact) mass is 311 g/mol. The topological polar surface area (TPSA) is 81.7 Å². The maximum Gasteiger partial charge on any atom is 0.315 e. The number of pyridine rings is 1. The maximum atomic E-state index is 11.6. The molecule has 0 saturated carbocycles. The van der Waals surface area contributed by atoms with Gasteiger partial charge in [0.2, 0.25) is 5.88 Å². The molecule has 1 aromatic heterocycles. The number of nitrogens with zero attached hydrogens (tertiary/aromatic N) is 1. The summed E-state index contributed by atoms with van der Waals surface area (Å²) in [4.78, 5) is 15.8. The van der Waals surface area contributed by atoms with E-state index in [0.29, 0.717) is 32.2 Å². The third-order valence-corrected chi connectivity index (χ3v) is 2.66. The van der Waals surface area contributed by atoms with Crippen molar-refractivity contribution in [3.63, 3.8) is 0 Å². The van der Waals surface area contributed by atoms with Crippen LogP contribution in [0.15, 0.2) is 18.3 Å². The Bertz CT molecular complexity index is 412. The largest absolute Gasteiger partial charge is 0.478 e. The van der Waals surface area contributed by atoms with Crippen LogP contribution in [0.3, 0.4) is 0 Å². The molecule has 0 fully saturated rings. The molecule has 7 nitrogen and oxygen atoms in total. The molecule has 0 bridgehead atoms. The normalized spacial score (nSPS) is 10.3. The van der Waals surface area contributed by atoms with E-state index in [2.05, 4.69) is 15.6 Å². The van der Waals surface area contributed by atoms with Crippen LogP contribution in [-0.4, -0.2) is 44.7 Å². The molecule has 1 aromatic rings. The van der Waals surface area contributed by atoms with Gasteiger partial charge in [0.05, 0.1) is 13.2 Å². The van der Waals surface area contributed by atoms with Gasteiger partial charge in [0.25, 0.3) is 0 Å². The predicted octanol–water partition coefficient (Wildman–Crippen LogP) is 1.68. The second-order valence-electron chi connectivity index (χ2n) is 4.63. The van der Waals surface area contributed by atoms with E-state index in [1.54, 1.807) is 19.4 Å². The van der Waals surface area contributed by atoms with E-state index in [0.717, 1.165) is 18.4 Å². The van der Waals surface area contributed by atoms with Crippen molar-refractivity contribution in [2.24, 2.45) is 0 Å². The summed E-state index contributed by atoms with van der Waals surface area (Å²) in [6.07, 6.45) is 3.38. The van der Waals surface area contributed by atoms with Crippen LogP contribution in [0.4, 0.5) is 4.79 Å². The fourth-order valence-electron chi connectivity index (χ4n) is 1.57. The Hall–Kier alpha value is -1.86. The average molecular weight is 311 g/mol. The molecule has 2 N–H and O–H groups in total. The highest BCUT2D eigenvalue weighted by atomic mass is 16.7. The minimum Gasteiger partial charge on any atom is -0.478 e. The quantitative estimate of drug-likeness (QED) is 0.480. The van der Waals surface area contributed by atoms with Gasteiger partial charge >= 0.3 is 6.03 Å². The zero-order chi connectivity index (χ0) is 16.0. The number of ether oxygens (including phenoxy) is 3. The molecular formula is C15H25N3O4. The molecule has 1 heterocycles. The molecule has 0 unspecified atom stereocenters. The standard InChI is InChI=1S/C15H25N3O4/c1-3-8-22-14-6-5-13(10-17-14)11-18-15(19)16-7-4-9-21-12-20-2/h5-6,10H,3-4,7-9,11-12H2,1-2H3,(H2,16,18,19). The summed E-state index contributed by atoms with van der Waals surface area (Å²) in [5.41, 5.74) is 0.919. The van der Waals surface area contributed by atoms with Crippen LogP contribution in [0, 0.1) is 0 Å². The first-order valence-corrected chi connectivity index (χ1v) is 7.42. The molecule has 0 spiro atoms. The smallest absolute Gasteiger partial charge is 0.315 e. The number of hydrogen-bond acceptors (Lipinski definition) is 5. The summed E-state index contributed by atoms with van der Waals surface area (Å²) in [6, 6.07) is 3.48. The van der Waals surface area contributed by atoms with Gasteiger partial charge in [-0.05, 0) is 18.4 Å². The Morgan fingerprint density at radius 2 is 2.14 bits per heavy atom. The van der Waals surface area contributed by atoms with Crippen LogP contribution < -0.4 is 15.4 Å². The second-order valence-corrected chi connectivity index (χ2v) is 4.63. The van der Waals surface area contributed by atoms with E-state index in [-0.39, 0.29) is 12.8 Å². The molecule has 0 radical (unpaired) electrons. The third kappa shape index (κ3) is 8.43. The van der Waals surface area contributed by atoms with Gasteiger partial charge in [-0.25, -0.2) is 9.78 Å². The van der Waals surface area contributed by atoms with E-state index >= 15 is 0 Å². The van der Waals surface area contributed by atoms with Crippen LogP contribution in [0.5, 0.6) is 5.88 Å². The van der Waals surface area contributed by atoms with Crippen molar-refractivity contribution in [2.75, 3.05) is 33.7 Å². The number of carbonyl (C=O) groups excluding carboxylic acids is 1. The molecule has 124 valence electrons. The molecule has 7 heteroatoms. The Morgan fingerprint density at radius 3 is 2.82 bits per heavy atom. The van der Waals surface area contributed by atoms with Crippen molar-refractivity contribution in [2.45, 2.75) is 26.3 Å². The Labute approximate surface area is 131 Å². The fourth-order valence-corrected chi connectivity index (χ4v) is 1.57. The molecule has 0 aromatic carbocycles. The van der Waals surface area contributed by atoms with Crippen LogP contribution in [0.1, 0.15) is 25.3 Å². The van der Waals surface area contributed by atoms with Gasteiger partial charge in [0, 0.05) is 32.5 Å². The zero-order valence-electron chi connectivity index (χ0n) is 13.3. The lowest BCUT2D eigenvalue weighted by Crippen LogP contribution is -2.35. The number of aromatic nitrogens is 1. The van der Waals surface area contributed by atoms with Crippen molar-refractivity contribution in [1.82, 2.24) is 15.6 Å². The minimum atomic E-state index is -0.210. The van der Waals surface area contributed by atoms with E-state index in [1.807, 2.05) is 13.0 Å². The molecule has 2 amide bonds. The first kappa shape index (κ1) is 18.2. The lowest BCUT2D eigenvalue weighted by Gasteiger charge is -2.08. The molecule has 22 heavy (non-hydrogen) atoms. The van der Waals surface area contributed by atoms with Gasteiger partial charge < -0.3 is 24.8 Å². The van der Waals surface area contributed by atoms with Crippen molar-refractivity contribution in [3.8, 4) is 5.88 Å². The van der Waals surface area contributed by atoms with Gasteiger partial charge in [-0.2, -0.15) is 0 Å². The van der Waals surface area contributed by atoms with E-state index < -0.39 is 0 Å². The molecule has 1 rings (SSSR count). The number of hydrogen-bond donors (Lipinski definition) is 2. The van der Waals surface area contributed by atoms with E-state index in [4.69, 9.17) is 14.2 Å². The average Bonchev–Trinajstić information content (AvgIpc) is 2.55. The van der Waals surface area contributed by atoms with Crippen LogP contribution in [0.25, 0.3) is 0 Å². The lowest BCUT2D eigenvalue weighted by atomic mass is 10.3. The molecular weight excluding hydrogens is 286 g/mol. The molecule has 0 atom stereocenters. The number of methoxy groups -OCH3 is 1. The van der Waals surface area contributed by atoms with E-state index in [1.165, 1.54) is 0 Å². The molecule has 0 aliphatic heterocycles. The summed E-state index contributed by atoms with van der Waals surface area (Å²) in [5.74, 6) is 0.603. The maximum absolute atomic E-state index is 11.6. The van der Waals surface area contributed by atoms with Crippen LogP contribution >= 0.6 is 0 Å². The summed E-state index contributed by atoms with van der Waals surface area (Å²) in [5, 5.41) is 5.52. The Morgan fingerprint density at radius 1 is 1.27 bits per heavy atom. The van der Waals surface area contributed by atoms with Gasteiger partial charge in [-0.15, -0.1) is 0 Å². The minimum absolute atomic E-state index is 0.210. The number of urea groups is 1. The molecule has 0 aliphatic rings. The first-order valence-electron chi connectivity index (χ1n) is 7.42. The van der Waals surface area contributed by atoms with Crippen molar-refractivity contribution in [1.29, 1.82) is 0 Å². The lowest BCUT2D eigenvalue weighted by molar-refractivity contribution is -0.0307. The van der Waals surface area contributed by atoms with Crippen LogP contribution in [-0.2, 0) is 16.0 Å².